The van der Waals surface area contributed by atoms with Gasteiger partial charge in [0.25, 0.3) is 0 Å². The van der Waals surface area contributed by atoms with E-state index in [1.807, 2.05) is 12.3 Å². The zero-order valence-electron chi connectivity index (χ0n) is 12.9. The lowest BCUT2D eigenvalue weighted by atomic mass is 10.1. The first-order valence-electron chi connectivity index (χ1n) is 7.84. The molecule has 4 rings (SSSR count). The Morgan fingerprint density at radius 3 is 2.83 bits per heavy atom. The van der Waals surface area contributed by atoms with Gasteiger partial charge in [-0.05, 0) is 23.1 Å². The van der Waals surface area contributed by atoms with E-state index in [2.05, 4.69) is 76.2 Å². The Morgan fingerprint density at radius 2 is 1.91 bits per heavy atom. The molecule has 114 valence electrons. The Labute approximate surface area is 135 Å². The van der Waals surface area contributed by atoms with E-state index in [-0.39, 0.29) is 0 Å². The van der Waals surface area contributed by atoms with Gasteiger partial charge < -0.3 is 14.9 Å². The van der Waals surface area contributed by atoms with Crippen molar-refractivity contribution in [2.45, 2.75) is 6.54 Å². The van der Waals surface area contributed by atoms with Crippen LogP contribution in [0.3, 0.4) is 0 Å². The number of anilines is 1. The molecule has 0 radical (unpaired) electrons. The van der Waals surface area contributed by atoms with E-state index in [1.165, 1.54) is 27.5 Å². The number of fused-ring (bicyclic) bond motifs is 2. The summed E-state index contributed by atoms with van der Waals surface area (Å²) in [6.07, 6.45) is 6.04. The molecule has 2 N–H and O–H groups in total. The van der Waals surface area contributed by atoms with Gasteiger partial charge in [0.1, 0.15) is 0 Å². The monoisotopic (exact) mass is 301 g/mol. The van der Waals surface area contributed by atoms with Crippen molar-refractivity contribution < 1.29 is 0 Å². The van der Waals surface area contributed by atoms with E-state index in [9.17, 15) is 0 Å². The average Bonchev–Trinajstić information content (AvgIpc) is 3.21. The van der Waals surface area contributed by atoms with Crippen LogP contribution in [0.5, 0.6) is 0 Å². The van der Waals surface area contributed by atoms with Gasteiger partial charge in [0, 0.05) is 36.4 Å². The van der Waals surface area contributed by atoms with Gasteiger partial charge in [-0.1, -0.05) is 42.5 Å². The molecule has 2 aromatic carbocycles. The number of hydrogen-bond donors (Lipinski definition) is 2. The number of H-pyrrole nitrogens is 2. The van der Waals surface area contributed by atoms with Gasteiger partial charge in [0.15, 0.2) is 0 Å². The number of aromatic nitrogens is 2. The minimum atomic E-state index is 0.805. The van der Waals surface area contributed by atoms with Crippen LogP contribution in [0.1, 0.15) is 5.56 Å². The topological polar surface area (TPSA) is 34.8 Å². The van der Waals surface area contributed by atoms with Gasteiger partial charge in [0.2, 0.25) is 0 Å². The smallest absolute Gasteiger partial charge is 0.0629 e. The summed E-state index contributed by atoms with van der Waals surface area (Å²) in [5.41, 5.74) is 4.87. The van der Waals surface area contributed by atoms with E-state index in [0.29, 0.717) is 0 Å². The Morgan fingerprint density at radius 1 is 1.00 bits per heavy atom. The Bertz CT molecular complexity index is 961. The Kier molecular flexibility index (Phi) is 3.39. The molecule has 0 aliphatic carbocycles. The van der Waals surface area contributed by atoms with Gasteiger partial charge in [-0.15, -0.1) is 6.58 Å². The lowest BCUT2D eigenvalue weighted by Gasteiger charge is -2.23. The molecule has 0 aliphatic rings. The lowest BCUT2D eigenvalue weighted by molar-refractivity contribution is 0.876. The van der Waals surface area contributed by atoms with E-state index >= 15 is 0 Å². The number of nitrogens with zero attached hydrogens (tertiary/aromatic N) is 1. The summed E-state index contributed by atoms with van der Waals surface area (Å²) < 4.78 is 0. The quantitative estimate of drug-likeness (QED) is 0.508. The standard InChI is InChI=1S/C20H19N3/c1-2-12-23(19-13-22-18-9-4-3-8-17(18)19)14-16-7-5-6-15-10-11-21-20(15)16/h2-11,13,21-22H,1,12,14H2. The van der Waals surface area contributed by atoms with Gasteiger partial charge in [-0.25, -0.2) is 0 Å². The van der Waals surface area contributed by atoms with Crippen molar-refractivity contribution in [3.05, 3.63) is 79.1 Å². The maximum atomic E-state index is 3.92. The highest BCUT2D eigenvalue weighted by molar-refractivity contribution is 5.93. The zero-order chi connectivity index (χ0) is 15.6. The molecule has 3 heteroatoms. The lowest BCUT2D eigenvalue weighted by Crippen LogP contribution is -2.22. The molecular formula is C20H19N3. The summed E-state index contributed by atoms with van der Waals surface area (Å²) in [5.74, 6) is 0. The van der Waals surface area contributed by atoms with Crippen molar-refractivity contribution in [1.29, 1.82) is 0 Å². The second kappa shape index (κ2) is 5.69. The van der Waals surface area contributed by atoms with Crippen LogP contribution in [0.4, 0.5) is 5.69 Å². The average molecular weight is 301 g/mol. The Balaban J connectivity index is 1.76. The number of aromatic amines is 2. The predicted octanol–water partition coefficient (Wildman–Crippen LogP) is 4.84. The number of hydrogen-bond acceptors (Lipinski definition) is 1. The highest BCUT2D eigenvalue weighted by atomic mass is 15.1. The summed E-state index contributed by atoms with van der Waals surface area (Å²) in [6, 6.07) is 17.0. The number of rotatable bonds is 5. The third-order valence-electron chi connectivity index (χ3n) is 4.29. The molecule has 0 aliphatic heterocycles. The number of nitrogens with one attached hydrogen (secondary N) is 2. The van der Waals surface area contributed by atoms with Crippen LogP contribution < -0.4 is 4.90 Å². The summed E-state index contributed by atoms with van der Waals surface area (Å²) in [4.78, 5) is 9.07. The molecule has 0 saturated heterocycles. The third kappa shape index (κ3) is 2.40. The predicted molar refractivity (Wildman–Crippen MR) is 97.8 cm³/mol. The second-order valence-corrected chi connectivity index (χ2v) is 5.75. The fraction of sp³-hybridized carbons (Fsp3) is 0.100. The van der Waals surface area contributed by atoms with Gasteiger partial charge in [-0.2, -0.15) is 0 Å². The molecule has 3 nitrogen and oxygen atoms in total. The fourth-order valence-electron chi connectivity index (χ4n) is 3.21. The molecule has 0 spiro atoms. The van der Waals surface area contributed by atoms with Crippen molar-refractivity contribution in [1.82, 2.24) is 9.97 Å². The molecule has 0 unspecified atom stereocenters. The molecule has 0 atom stereocenters. The van der Waals surface area contributed by atoms with Gasteiger partial charge in [0.05, 0.1) is 11.2 Å². The molecule has 0 amide bonds. The molecule has 0 saturated carbocycles. The minimum Gasteiger partial charge on any atom is -0.362 e. The first kappa shape index (κ1) is 13.7. The van der Waals surface area contributed by atoms with Crippen molar-refractivity contribution in [2.24, 2.45) is 0 Å². The maximum absolute atomic E-state index is 3.92. The van der Waals surface area contributed by atoms with E-state index in [1.54, 1.807) is 0 Å². The van der Waals surface area contributed by atoms with Crippen molar-refractivity contribution in [3.8, 4) is 0 Å². The van der Waals surface area contributed by atoms with E-state index in [0.717, 1.165) is 18.6 Å². The van der Waals surface area contributed by atoms with Crippen molar-refractivity contribution in [3.63, 3.8) is 0 Å². The van der Waals surface area contributed by atoms with Crippen LogP contribution in [-0.2, 0) is 6.54 Å². The number of para-hydroxylation sites is 2. The Hall–Kier alpha value is -2.94. The van der Waals surface area contributed by atoms with Crippen LogP contribution in [0, 0.1) is 0 Å². The summed E-state index contributed by atoms with van der Waals surface area (Å²) in [7, 11) is 0. The SMILES string of the molecule is C=CCN(Cc1cccc2cc[nH]c12)c1c[nH]c2ccccc12. The van der Waals surface area contributed by atoms with Crippen LogP contribution in [0.2, 0.25) is 0 Å². The summed E-state index contributed by atoms with van der Waals surface area (Å²) in [5, 5.41) is 2.49. The molecular weight excluding hydrogens is 282 g/mol. The normalized spacial score (nSPS) is 11.1. The van der Waals surface area contributed by atoms with Gasteiger partial charge >= 0.3 is 0 Å². The van der Waals surface area contributed by atoms with E-state index in [4.69, 9.17) is 0 Å². The van der Waals surface area contributed by atoms with E-state index < -0.39 is 0 Å². The molecule has 0 fully saturated rings. The van der Waals surface area contributed by atoms with Crippen molar-refractivity contribution >= 4 is 27.5 Å². The fourth-order valence-corrected chi connectivity index (χ4v) is 3.21. The van der Waals surface area contributed by atoms with Crippen molar-refractivity contribution in [2.75, 3.05) is 11.4 Å². The molecule has 23 heavy (non-hydrogen) atoms. The zero-order valence-corrected chi connectivity index (χ0v) is 12.9. The van der Waals surface area contributed by atoms with Crippen LogP contribution in [-0.4, -0.2) is 16.5 Å². The molecule has 4 aromatic rings. The largest absolute Gasteiger partial charge is 0.362 e. The van der Waals surface area contributed by atoms with Crippen LogP contribution in [0.15, 0.2) is 73.6 Å². The second-order valence-electron chi connectivity index (χ2n) is 5.75. The molecule has 2 heterocycles. The summed E-state index contributed by atoms with van der Waals surface area (Å²) in [6.45, 7) is 5.57. The maximum Gasteiger partial charge on any atom is 0.0629 e. The molecule has 0 bridgehead atoms. The first-order chi connectivity index (χ1) is 11.4. The highest BCUT2D eigenvalue weighted by Gasteiger charge is 2.13. The van der Waals surface area contributed by atoms with Gasteiger partial charge in [-0.3, -0.25) is 0 Å². The van der Waals surface area contributed by atoms with Crippen LogP contribution in [0.25, 0.3) is 21.8 Å². The third-order valence-corrected chi connectivity index (χ3v) is 4.29. The van der Waals surface area contributed by atoms with Crippen LogP contribution >= 0.6 is 0 Å². The highest BCUT2D eigenvalue weighted by Crippen LogP contribution is 2.29. The number of benzene rings is 2. The minimum absolute atomic E-state index is 0.805. The molecule has 2 aromatic heterocycles. The first-order valence-corrected chi connectivity index (χ1v) is 7.84. The summed E-state index contributed by atoms with van der Waals surface area (Å²) >= 11 is 0.